The van der Waals surface area contributed by atoms with E-state index in [-0.39, 0.29) is 5.91 Å². The number of amides is 1. The number of rotatable bonds is 7. The molecular weight excluding hydrogens is 420 g/mol. The summed E-state index contributed by atoms with van der Waals surface area (Å²) in [6.45, 7) is 4.99. The minimum Gasteiger partial charge on any atom is -0.494 e. The van der Waals surface area contributed by atoms with Crippen LogP contribution in [0.15, 0.2) is 64.2 Å². The first kappa shape index (κ1) is 19.9. The zero-order valence-corrected chi connectivity index (χ0v) is 17.3. The van der Waals surface area contributed by atoms with Gasteiger partial charge in [0.2, 0.25) is 0 Å². The van der Waals surface area contributed by atoms with Gasteiger partial charge < -0.3 is 9.47 Å². The Balaban J connectivity index is 1.92. The molecule has 0 aliphatic rings. The first-order chi connectivity index (χ1) is 13.6. The highest BCUT2D eigenvalue weighted by molar-refractivity contribution is 9.10. The van der Waals surface area contributed by atoms with Gasteiger partial charge in [-0.2, -0.15) is 5.10 Å². The second-order valence-electron chi connectivity index (χ2n) is 5.94. The van der Waals surface area contributed by atoms with E-state index < -0.39 is 0 Å². The predicted molar refractivity (Wildman–Crippen MR) is 115 cm³/mol. The summed E-state index contributed by atoms with van der Waals surface area (Å²) in [5.74, 6) is 1.19. The molecule has 1 amide bonds. The fourth-order valence-corrected chi connectivity index (χ4v) is 3.22. The summed E-state index contributed by atoms with van der Waals surface area (Å²) in [5, 5.41) is 6.13. The SMILES string of the molecule is CCOc1ccc2ccc(OCC)c(/C=N/NC(=O)c3cccc(Br)c3)c2c1. The third-order valence-corrected chi connectivity index (χ3v) is 4.55. The maximum atomic E-state index is 12.3. The molecule has 0 aliphatic carbocycles. The van der Waals surface area contributed by atoms with Gasteiger partial charge in [0.25, 0.3) is 5.91 Å². The number of carbonyl (C=O) groups excluding carboxylic acids is 1. The van der Waals surface area contributed by atoms with E-state index in [4.69, 9.17) is 9.47 Å². The minimum atomic E-state index is -0.286. The van der Waals surface area contributed by atoms with E-state index in [2.05, 4.69) is 26.5 Å². The van der Waals surface area contributed by atoms with Gasteiger partial charge in [-0.3, -0.25) is 4.79 Å². The lowest BCUT2D eigenvalue weighted by Gasteiger charge is -2.12. The van der Waals surface area contributed by atoms with Gasteiger partial charge in [-0.1, -0.05) is 34.1 Å². The molecule has 0 unspecified atom stereocenters. The van der Waals surface area contributed by atoms with E-state index in [0.29, 0.717) is 24.5 Å². The smallest absolute Gasteiger partial charge is 0.271 e. The van der Waals surface area contributed by atoms with Crippen molar-refractivity contribution in [3.63, 3.8) is 0 Å². The Hall–Kier alpha value is -2.86. The lowest BCUT2D eigenvalue weighted by molar-refractivity contribution is 0.0955. The van der Waals surface area contributed by atoms with Crippen LogP contribution < -0.4 is 14.9 Å². The van der Waals surface area contributed by atoms with Crippen LogP contribution in [0.1, 0.15) is 29.8 Å². The maximum Gasteiger partial charge on any atom is 0.271 e. The molecule has 0 fully saturated rings. The minimum absolute atomic E-state index is 0.286. The fraction of sp³-hybridized carbons (Fsp3) is 0.182. The highest BCUT2D eigenvalue weighted by Crippen LogP contribution is 2.30. The second kappa shape index (κ2) is 9.37. The molecule has 0 radical (unpaired) electrons. The average molecular weight is 441 g/mol. The quantitative estimate of drug-likeness (QED) is 0.407. The number of nitrogens with one attached hydrogen (secondary N) is 1. The van der Waals surface area contributed by atoms with Crippen LogP contribution in [0.4, 0.5) is 0 Å². The monoisotopic (exact) mass is 440 g/mol. The summed E-state index contributed by atoms with van der Waals surface area (Å²) < 4.78 is 12.2. The molecule has 0 aromatic heterocycles. The van der Waals surface area contributed by atoms with Crippen molar-refractivity contribution in [2.24, 2.45) is 5.10 Å². The number of carbonyl (C=O) groups is 1. The standard InChI is InChI=1S/C22H21BrN2O3/c1-3-27-18-10-8-15-9-11-21(28-4-2)20(19(15)13-18)14-24-25-22(26)16-6-5-7-17(23)12-16/h5-14H,3-4H2,1-2H3,(H,25,26)/b24-14+. The van der Waals surface area contributed by atoms with Crippen LogP contribution in [0.5, 0.6) is 11.5 Å². The number of halogens is 1. The van der Waals surface area contributed by atoms with Crippen LogP contribution in [0.3, 0.4) is 0 Å². The molecule has 0 saturated heterocycles. The van der Waals surface area contributed by atoms with Gasteiger partial charge in [0.1, 0.15) is 11.5 Å². The van der Waals surface area contributed by atoms with E-state index in [1.165, 1.54) is 0 Å². The van der Waals surface area contributed by atoms with Crippen LogP contribution in [0, 0.1) is 0 Å². The Labute approximate surface area is 172 Å². The van der Waals surface area contributed by atoms with Crippen LogP contribution in [-0.4, -0.2) is 25.3 Å². The van der Waals surface area contributed by atoms with Crippen molar-refractivity contribution in [1.82, 2.24) is 5.43 Å². The van der Waals surface area contributed by atoms with Gasteiger partial charge in [-0.05, 0) is 61.0 Å². The number of nitrogens with zero attached hydrogens (tertiary/aromatic N) is 1. The van der Waals surface area contributed by atoms with Crippen molar-refractivity contribution < 1.29 is 14.3 Å². The molecule has 1 N–H and O–H groups in total. The van der Waals surface area contributed by atoms with Crippen molar-refractivity contribution in [3.8, 4) is 11.5 Å². The molecule has 6 heteroatoms. The van der Waals surface area contributed by atoms with Gasteiger partial charge in [-0.15, -0.1) is 0 Å². The van der Waals surface area contributed by atoms with Crippen molar-refractivity contribution in [3.05, 3.63) is 70.2 Å². The number of fused-ring (bicyclic) bond motifs is 1. The molecule has 3 aromatic rings. The van der Waals surface area contributed by atoms with E-state index in [1.807, 2.05) is 50.2 Å². The Kier molecular flexibility index (Phi) is 6.66. The highest BCUT2D eigenvalue weighted by atomic mass is 79.9. The van der Waals surface area contributed by atoms with Gasteiger partial charge >= 0.3 is 0 Å². The molecule has 5 nitrogen and oxygen atoms in total. The summed E-state index contributed by atoms with van der Waals surface area (Å²) in [6, 6.07) is 16.9. The predicted octanol–water partition coefficient (Wildman–Crippen LogP) is 5.16. The van der Waals surface area contributed by atoms with Gasteiger partial charge in [0, 0.05) is 15.6 Å². The Morgan fingerprint density at radius 1 is 1.07 bits per heavy atom. The fourth-order valence-electron chi connectivity index (χ4n) is 2.82. The molecule has 28 heavy (non-hydrogen) atoms. The van der Waals surface area contributed by atoms with E-state index in [0.717, 1.165) is 26.6 Å². The van der Waals surface area contributed by atoms with Crippen LogP contribution >= 0.6 is 15.9 Å². The van der Waals surface area contributed by atoms with E-state index in [1.54, 1.807) is 24.4 Å². The van der Waals surface area contributed by atoms with E-state index >= 15 is 0 Å². The molecule has 144 valence electrons. The third-order valence-electron chi connectivity index (χ3n) is 4.05. The molecular formula is C22H21BrN2O3. The summed E-state index contributed by atoms with van der Waals surface area (Å²) in [5.41, 5.74) is 3.88. The first-order valence-corrected chi connectivity index (χ1v) is 9.83. The van der Waals surface area contributed by atoms with Crippen LogP contribution in [0.2, 0.25) is 0 Å². The Bertz CT molecular complexity index is 1010. The second-order valence-corrected chi connectivity index (χ2v) is 6.85. The van der Waals surface area contributed by atoms with Gasteiger partial charge in [0.05, 0.1) is 19.4 Å². The van der Waals surface area contributed by atoms with Gasteiger partial charge in [-0.25, -0.2) is 5.43 Å². The lowest BCUT2D eigenvalue weighted by Crippen LogP contribution is -2.17. The number of hydrazone groups is 1. The molecule has 0 aliphatic heterocycles. The third kappa shape index (κ3) is 4.70. The number of hydrogen-bond donors (Lipinski definition) is 1. The summed E-state index contributed by atoms with van der Waals surface area (Å²) in [7, 11) is 0. The summed E-state index contributed by atoms with van der Waals surface area (Å²) in [6.07, 6.45) is 1.61. The van der Waals surface area contributed by atoms with E-state index in [9.17, 15) is 4.79 Å². The zero-order valence-electron chi connectivity index (χ0n) is 15.7. The zero-order chi connectivity index (χ0) is 19.9. The topological polar surface area (TPSA) is 59.9 Å². The molecule has 3 rings (SSSR count). The van der Waals surface area contributed by atoms with Crippen molar-refractivity contribution in [1.29, 1.82) is 0 Å². The maximum absolute atomic E-state index is 12.3. The molecule has 0 bridgehead atoms. The molecule has 0 saturated carbocycles. The lowest BCUT2D eigenvalue weighted by atomic mass is 10.0. The Morgan fingerprint density at radius 2 is 1.86 bits per heavy atom. The van der Waals surface area contributed by atoms with Crippen molar-refractivity contribution >= 4 is 38.8 Å². The highest BCUT2D eigenvalue weighted by Gasteiger charge is 2.09. The Morgan fingerprint density at radius 3 is 2.61 bits per heavy atom. The molecule has 0 spiro atoms. The molecule has 3 aromatic carbocycles. The van der Waals surface area contributed by atoms with Crippen molar-refractivity contribution in [2.75, 3.05) is 13.2 Å². The number of benzene rings is 3. The van der Waals surface area contributed by atoms with Crippen LogP contribution in [0.25, 0.3) is 10.8 Å². The number of hydrogen-bond acceptors (Lipinski definition) is 4. The molecule has 0 atom stereocenters. The van der Waals surface area contributed by atoms with Crippen molar-refractivity contribution in [2.45, 2.75) is 13.8 Å². The van der Waals surface area contributed by atoms with Gasteiger partial charge in [0.15, 0.2) is 0 Å². The normalized spacial score (nSPS) is 11.0. The van der Waals surface area contributed by atoms with Crippen LogP contribution in [-0.2, 0) is 0 Å². The first-order valence-electron chi connectivity index (χ1n) is 9.03. The largest absolute Gasteiger partial charge is 0.494 e. The number of ether oxygens (including phenoxy) is 2. The average Bonchev–Trinajstić information content (AvgIpc) is 2.69. The summed E-state index contributed by atoms with van der Waals surface area (Å²) >= 11 is 3.36. The molecule has 0 heterocycles. The summed E-state index contributed by atoms with van der Waals surface area (Å²) in [4.78, 5) is 12.3.